The van der Waals surface area contributed by atoms with Crippen LogP contribution in [0.5, 0.6) is 0 Å². The molecule has 0 unspecified atom stereocenters. The number of carbonyl (C=O) groups excluding carboxylic acids is 1. The minimum Gasteiger partial charge on any atom is -0.376 e. The summed E-state index contributed by atoms with van der Waals surface area (Å²) in [6.45, 7) is 4.05. The Kier molecular flexibility index (Phi) is 4.85. The highest BCUT2D eigenvalue weighted by molar-refractivity contribution is 5.94. The van der Waals surface area contributed by atoms with Crippen molar-refractivity contribution in [2.24, 2.45) is 0 Å². The SMILES string of the molecule is CCCO[C@@H]1CCCN(C(=O)c2cncc(F)c2)C1. The van der Waals surface area contributed by atoms with Crippen molar-refractivity contribution in [3.8, 4) is 0 Å². The van der Waals surface area contributed by atoms with E-state index < -0.39 is 5.82 Å². The van der Waals surface area contributed by atoms with Crippen LogP contribution in [0.15, 0.2) is 18.5 Å². The molecule has 0 spiro atoms. The topological polar surface area (TPSA) is 42.4 Å². The van der Waals surface area contributed by atoms with Crippen molar-refractivity contribution in [3.63, 3.8) is 0 Å². The summed E-state index contributed by atoms with van der Waals surface area (Å²) in [5.41, 5.74) is 0.302. The van der Waals surface area contributed by atoms with Gasteiger partial charge in [-0.05, 0) is 25.3 Å². The quantitative estimate of drug-likeness (QED) is 0.839. The van der Waals surface area contributed by atoms with E-state index in [1.807, 2.05) is 0 Å². The van der Waals surface area contributed by atoms with Crippen LogP contribution in [0.2, 0.25) is 0 Å². The summed E-state index contributed by atoms with van der Waals surface area (Å²) >= 11 is 0. The van der Waals surface area contributed by atoms with Gasteiger partial charge in [0.25, 0.3) is 5.91 Å². The van der Waals surface area contributed by atoms with E-state index >= 15 is 0 Å². The number of hydrogen-bond donors (Lipinski definition) is 0. The van der Waals surface area contributed by atoms with Crippen molar-refractivity contribution in [1.29, 1.82) is 0 Å². The fraction of sp³-hybridized carbons (Fsp3) is 0.571. The third-order valence-corrected chi connectivity index (χ3v) is 3.17. The Morgan fingerprint density at radius 3 is 3.16 bits per heavy atom. The molecular formula is C14H19FN2O2. The first-order valence-electron chi connectivity index (χ1n) is 6.72. The summed E-state index contributed by atoms with van der Waals surface area (Å²) in [7, 11) is 0. The number of nitrogens with zero attached hydrogens (tertiary/aromatic N) is 2. The number of aromatic nitrogens is 1. The molecule has 0 saturated carbocycles. The number of likely N-dealkylation sites (tertiary alicyclic amines) is 1. The predicted molar refractivity (Wildman–Crippen MR) is 69.4 cm³/mol. The lowest BCUT2D eigenvalue weighted by atomic mass is 10.1. The van der Waals surface area contributed by atoms with Crippen molar-refractivity contribution in [2.45, 2.75) is 32.3 Å². The van der Waals surface area contributed by atoms with Gasteiger partial charge in [-0.3, -0.25) is 9.78 Å². The Morgan fingerprint density at radius 1 is 1.58 bits per heavy atom. The van der Waals surface area contributed by atoms with Crippen molar-refractivity contribution in [3.05, 3.63) is 29.8 Å². The van der Waals surface area contributed by atoms with E-state index in [0.717, 1.165) is 25.5 Å². The molecule has 1 aliphatic rings. The summed E-state index contributed by atoms with van der Waals surface area (Å²) in [5.74, 6) is -0.654. The zero-order valence-electron chi connectivity index (χ0n) is 11.1. The molecular weight excluding hydrogens is 247 g/mol. The van der Waals surface area contributed by atoms with Crippen LogP contribution in [0, 0.1) is 5.82 Å². The highest BCUT2D eigenvalue weighted by Crippen LogP contribution is 2.16. The third kappa shape index (κ3) is 3.73. The Hall–Kier alpha value is -1.49. The Bertz CT molecular complexity index is 439. The molecule has 1 fully saturated rings. The molecule has 5 heteroatoms. The average Bonchev–Trinajstić information content (AvgIpc) is 2.44. The van der Waals surface area contributed by atoms with Gasteiger partial charge in [-0.2, -0.15) is 0 Å². The molecule has 1 aliphatic heterocycles. The van der Waals surface area contributed by atoms with Gasteiger partial charge in [-0.25, -0.2) is 4.39 Å². The van der Waals surface area contributed by atoms with E-state index in [1.54, 1.807) is 4.90 Å². The number of hydrogen-bond acceptors (Lipinski definition) is 3. The van der Waals surface area contributed by atoms with Crippen LogP contribution < -0.4 is 0 Å². The summed E-state index contributed by atoms with van der Waals surface area (Å²) < 4.78 is 18.8. The fourth-order valence-corrected chi connectivity index (χ4v) is 2.25. The summed E-state index contributed by atoms with van der Waals surface area (Å²) in [4.78, 5) is 17.7. The van der Waals surface area contributed by atoms with Gasteiger partial charge in [0, 0.05) is 25.9 Å². The van der Waals surface area contributed by atoms with Crippen LogP contribution in [0.1, 0.15) is 36.5 Å². The average molecular weight is 266 g/mol. The van der Waals surface area contributed by atoms with Crippen LogP contribution in [-0.4, -0.2) is 41.6 Å². The first-order chi connectivity index (χ1) is 9.20. The highest BCUT2D eigenvalue weighted by atomic mass is 19.1. The van der Waals surface area contributed by atoms with Gasteiger partial charge in [0.2, 0.25) is 0 Å². The first kappa shape index (κ1) is 13.9. The Balaban J connectivity index is 1.99. The van der Waals surface area contributed by atoms with Crippen molar-refractivity contribution in [2.75, 3.05) is 19.7 Å². The van der Waals surface area contributed by atoms with E-state index in [-0.39, 0.29) is 12.0 Å². The molecule has 0 bridgehead atoms. The molecule has 1 atom stereocenters. The van der Waals surface area contributed by atoms with Crippen LogP contribution in [0.3, 0.4) is 0 Å². The summed E-state index contributed by atoms with van der Waals surface area (Å²) in [6.07, 6.45) is 5.47. The molecule has 104 valence electrons. The van der Waals surface area contributed by atoms with E-state index in [2.05, 4.69) is 11.9 Å². The first-order valence-corrected chi connectivity index (χ1v) is 6.72. The monoisotopic (exact) mass is 266 g/mol. The van der Waals surface area contributed by atoms with Crippen molar-refractivity contribution < 1.29 is 13.9 Å². The number of rotatable bonds is 4. The van der Waals surface area contributed by atoms with Gasteiger partial charge in [-0.1, -0.05) is 6.92 Å². The second-order valence-corrected chi connectivity index (χ2v) is 4.78. The van der Waals surface area contributed by atoms with Gasteiger partial charge in [0.15, 0.2) is 0 Å². The van der Waals surface area contributed by atoms with Crippen molar-refractivity contribution >= 4 is 5.91 Å². The standard InChI is InChI=1S/C14H19FN2O2/c1-2-6-19-13-4-3-5-17(10-13)14(18)11-7-12(15)9-16-8-11/h7-9,13H,2-6,10H2,1H3/t13-/m1/s1. The summed E-state index contributed by atoms with van der Waals surface area (Å²) in [6, 6.07) is 1.23. The second-order valence-electron chi connectivity index (χ2n) is 4.78. The second kappa shape index (κ2) is 6.61. The number of pyridine rings is 1. The smallest absolute Gasteiger partial charge is 0.255 e. The molecule has 2 rings (SSSR count). The fourth-order valence-electron chi connectivity index (χ4n) is 2.25. The molecule has 2 heterocycles. The normalized spacial score (nSPS) is 19.5. The zero-order chi connectivity index (χ0) is 13.7. The van der Waals surface area contributed by atoms with Gasteiger partial charge < -0.3 is 9.64 Å². The van der Waals surface area contributed by atoms with E-state index in [9.17, 15) is 9.18 Å². The van der Waals surface area contributed by atoms with E-state index in [4.69, 9.17) is 4.74 Å². The molecule has 4 nitrogen and oxygen atoms in total. The van der Waals surface area contributed by atoms with E-state index in [1.165, 1.54) is 12.3 Å². The Morgan fingerprint density at radius 2 is 2.42 bits per heavy atom. The van der Waals surface area contributed by atoms with Gasteiger partial charge in [-0.15, -0.1) is 0 Å². The number of ether oxygens (including phenoxy) is 1. The minimum atomic E-state index is -0.485. The lowest BCUT2D eigenvalue weighted by Gasteiger charge is -2.32. The van der Waals surface area contributed by atoms with E-state index in [0.29, 0.717) is 25.3 Å². The Labute approximate surface area is 112 Å². The molecule has 0 radical (unpaired) electrons. The maximum atomic E-state index is 13.1. The highest BCUT2D eigenvalue weighted by Gasteiger charge is 2.25. The van der Waals surface area contributed by atoms with Crippen LogP contribution >= 0.6 is 0 Å². The molecule has 1 aromatic rings. The zero-order valence-corrected chi connectivity index (χ0v) is 11.1. The lowest BCUT2D eigenvalue weighted by Crippen LogP contribution is -2.43. The largest absolute Gasteiger partial charge is 0.376 e. The van der Waals surface area contributed by atoms with Crippen LogP contribution in [0.4, 0.5) is 4.39 Å². The third-order valence-electron chi connectivity index (χ3n) is 3.17. The molecule has 0 aliphatic carbocycles. The van der Waals surface area contributed by atoms with Gasteiger partial charge >= 0.3 is 0 Å². The predicted octanol–water partition coefficient (Wildman–Crippen LogP) is 2.25. The van der Waals surface area contributed by atoms with Crippen LogP contribution in [-0.2, 0) is 4.74 Å². The number of piperidine rings is 1. The molecule has 0 N–H and O–H groups in total. The number of halogens is 1. The maximum absolute atomic E-state index is 13.1. The van der Waals surface area contributed by atoms with Gasteiger partial charge in [0.05, 0.1) is 17.9 Å². The van der Waals surface area contributed by atoms with Crippen molar-refractivity contribution in [1.82, 2.24) is 9.88 Å². The summed E-state index contributed by atoms with van der Waals surface area (Å²) in [5, 5.41) is 0. The molecule has 19 heavy (non-hydrogen) atoms. The molecule has 1 aromatic heterocycles. The molecule has 1 amide bonds. The number of carbonyl (C=O) groups is 1. The molecule has 1 saturated heterocycles. The molecule has 0 aromatic carbocycles. The maximum Gasteiger partial charge on any atom is 0.255 e. The minimum absolute atomic E-state index is 0.0965. The number of amides is 1. The lowest BCUT2D eigenvalue weighted by molar-refractivity contribution is 0.00208. The van der Waals surface area contributed by atoms with Gasteiger partial charge in [0.1, 0.15) is 5.82 Å². The van der Waals surface area contributed by atoms with Crippen LogP contribution in [0.25, 0.3) is 0 Å².